The standard InChI is InChI=1S/C16H26N2/c1-13-11-16(14(2)18(13)3)12-17-10-9-15-7-5-4-6-8-15/h7,11,17H,4-6,8-10,12H2,1-3H3. The van der Waals surface area contributed by atoms with Gasteiger partial charge in [-0.3, -0.25) is 0 Å². The lowest BCUT2D eigenvalue weighted by atomic mass is 9.97. The van der Waals surface area contributed by atoms with Gasteiger partial charge in [0.1, 0.15) is 0 Å². The number of aromatic nitrogens is 1. The number of rotatable bonds is 5. The number of nitrogens with one attached hydrogen (secondary N) is 1. The summed E-state index contributed by atoms with van der Waals surface area (Å²) in [5.74, 6) is 0. The van der Waals surface area contributed by atoms with Crippen LogP contribution in [0.5, 0.6) is 0 Å². The van der Waals surface area contributed by atoms with Crippen molar-refractivity contribution in [3.05, 3.63) is 34.7 Å². The maximum atomic E-state index is 3.58. The molecule has 0 aliphatic heterocycles. The fraction of sp³-hybridized carbons (Fsp3) is 0.625. The highest BCUT2D eigenvalue weighted by Gasteiger charge is 2.06. The van der Waals surface area contributed by atoms with Crippen molar-refractivity contribution in [3.63, 3.8) is 0 Å². The Bertz CT molecular complexity index is 427. The Morgan fingerprint density at radius 3 is 2.72 bits per heavy atom. The first-order chi connectivity index (χ1) is 8.68. The van der Waals surface area contributed by atoms with Gasteiger partial charge >= 0.3 is 0 Å². The smallest absolute Gasteiger partial charge is 0.0223 e. The lowest BCUT2D eigenvalue weighted by Crippen LogP contribution is -2.16. The summed E-state index contributed by atoms with van der Waals surface area (Å²) in [6.07, 6.45) is 9.08. The van der Waals surface area contributed by atoms with E-state index in [-0.39, 0.29) is 0 Å². The van der Waals surface area contributed by atoms with Crippen LogP contribution in [0.15, 0.2) is 17.7 Å². The molecule has 0 spiro atoms. The number of nitrogens with zero attached hydrogens (tertiary/aromatic N) is 1. The molecular weight excluding hydrogens is 220 g/mol. The molecule has 0 aromatic carbocycles. The summed E-state index contributed by atoms with van der Waals surface area (Å²) < 4.78 is 2.26. The first-order valence-corrected chi connectivity index (χ1v) is 7.19. The van der Waals surface area contributed by atoms with Crippen molar-refractivity contribution in [1.29, 1.82) is 0 Å². The Hall–Kier alpha value is -1.02. The summed E-state index contributed by atoms with van der Waals surface area (Å²) in [6.45, 7) is 6.48. The van der Waals surface area contributed by atoms with E-state index in [4.69, 9.17) is 0 Å². The summed E-state index contributed by atoms with van der Waals surface area (Å²) in [5, 5.41) is 3.58. The number of hydrogen-bond acceptors (Lipinski definition) is 1. The molecule has 1 aliphatic carbocycles. The van der Waals surface area contributed by atoms with E-state index in [1.54, 1.807) is 5.57 Å². The molecule has 0 atom stereocenters. The average Bonchev–Trinajstić information content (AvgIpc) is 2.64. The molecule has 0 unspecified atom stereocenters. The molecule has 1 aromatic rings. The van der Waals surface area contributed by atoms with Crippen LogP contribution in [0, 0.1) is 13.8 Å². The molecule has 1 N–H and O–H groups in total. The van der Waals surface area contributed by atoms with E-state index in [0.29, 0.717) is 0 Å². The highest BCUT2D eigenvalue weighted by Crippen LogP contribution is 2.19. The Balaban J connectivity index is 1.75. The third kappa shape index (κ3) is 3.26. The van der Waals surface area contributed by atoms with E-state index < -0.39 is 0 Å². The zero-order chi connectivity index (χ0) is 13.0. The van der Waals surface area contributed by atoms with Gasteiger partial charge in [-0.25, -0.2) is 0 Å². The van der Waals surface area contributed by atoms with Crippen LogP contribution in [0.4, 0.5) is 0 Å². The van der Waals surface area contributed by atoms with Gasteiger partial charge in [0.25, 0.3) is 0 Å². The van der Waals surface area contributed by atoms with Gasteiger partial charge in [0, 0.05) is 25.0 Å². The van der Waals surface area contributed by atoms with E-state index in [9.17, 15) is 0 Å². The van der Waals surface area contributed by atoms with Crippen molar-refractivity contribution in [2.24, 2.45) is 7.05 Å². The lowest BCUT2D eigenvalue weighted by Gasteiger charge is -2.13. The van der Waals surface area contributed by atoms with Gasteiger partial charge in [0.15, 0.2) is 0 Å². The summed E-state index contributed by atoms with van der Waals surface area (Å²) >= 11 is 0. The van der Waals surface area contributed by atoms with Crippen LogP contribution in [0.3, 0.4) is 0 Å². The molecule has 1 heterocycles. The predicted molar refractivity (Wildman–Crippen MR) is 77.8 cm³/mol. The van der Waals surface area contributed by atoms with E-state index >= 15 is 0 Å². The zero-order valence-corrected chi connectivity index (χ0v) is 12.1. The Morgan fingerprint density at radius 1 is 1.28 bits per heavy atom. The van der Waals surface area contributed by atoms with Crippen LogP contribution in [-0.4, -0.2) is 11.1 Å². The minimum atomic E-state index is 1.00. The van der Waals surface area contributed by atoms with Gasteiger partial charge in [0.05, 0.1) is 0 Å². The second-order valence-electron chi connectivity index (χ2n) is 5.49. The SMILES string of the molecule is Cc1cc(CNCCC2=CCCCC2)c(C)n1C. The molecule has 2 heteroatoms. The molecule has 18 heavy (non-hydrogen) atoms. The monoisotopic (exact) mass is 246 g/mol. The molecule has 0 saturated heterocycles. The number of aryl methyl sites for hydroxylation is 1. The van der Waals surface area contributed by atoms with E-state index in [1.807, 2.05) is 0 Å². The van der Waals surface area contributed by atoms with Gasteiger partial charge in [-0.1, -0.05) is 11.6 Å². The van der Waals surface area contributed by atoms with E-state index in [1.165, 1.54) is 49.1 Å². The minimum Gasteiger partial charge on any atom is -0.352 e. The van der Waals surface area contributed by atoms with Crippen LogP contribution in [-0.2, 0) is 13.6 Å². The van der Waals surface area contributed by atoms with Crippen LogP contribution >= 0.6 is 0 Å². The minimum absolute atomic E-state index is 1.00. The summed E-state index contributed by atoms with van der Waals surface area (Å²) in [7, 11) is 2.14. The second kappa shape index (κ2) is 6.24. The van der Waals surface area contributed by atoms with Gasteiger partial charge < -0.3 is 9.88 Å². The van der Waals surface area contributed by atoms with Crippen molar-refractivity contribution < 1.29 is 0 Å². The van der Waals surface area contributed by atoms with Gasteiger partial charge in [-0.05, 0) is 64.1 Å². The van der Waals surface area contributed by atoms with E-state index in [0.717, 1.165) is 13.1 Å². The zero-order valence-electron chi connectivity index (χ0n) is 12.1. The molecule has 0 fully saturated rings. The van der Waals surface area contributed by atoms with Crippen molar-refractivity contribution in [2.45, 2.75) is 52.5 Å². The lowest BCUT2D eigenvalue weighted by molar-refractivity contribution is 0.631. The highest BCUT2D eigenvalue weighted by molar-refractivity contribution is 5.26. The molecule has 2 rings (SSSR count). The molecule has 0 radical (unpaired) electrons. The Morgan fingerprint density at radius 2 is 2.11 bits per heavy atom. The number of hydrogen-bond donors (Lipinski definition) is 1. The first-order valence-electron chi connectivity index (χ1n) is 7.19. The van der Waals surface area contributed by atoms with Crippen molar-refractivity contribution in [2.75, 3.05) is 6.54 Å². The molecule has 100 valence electrons. The van der Waals surface area contributed by atoms with Crippen LogP contribution in [0.2, 0.25) is 0 Å². The molecule has 2 nitrogen and oxygen atoms in total. The van der Waals surface area contributed by atoms with Crippen molar-refractivity contribution in [1.82, 2.24) is 9.88 Å². The topological polar surface area (TPSA) is 17.0 Å². The molecule has 1 aliphatic rings. The Labute approximate surface area is 111 Å². The van der Waals surface area contributed by atoms with Gasteiger partial charge in [-0.15, -0.1) is 0 Å². The van der Waals surface area contributed by atoms with Crippen LogP contribution in [0.1, 0.15) is 49.1 Å². The number of allylic oxidation sites excluding steroid dienone is 1. The van der Waals surface area contributed by atoms with Gasteiger partial charge in [-0.2, -0.15) is 0 Å². The first kappa shape index (κ1) is 13.4. The third-order valence-electron chi connectivity index (χ3n) is 4.20. The quantitative estimate of drug-likeness (QED) is 0.620. The molecule has 0 bridgehead atoms. The molecule has 0 amide bonds. The molecular formula is C16H26N2. The van der Waals surface area contributed by atoms with Crippen LogP contribution in [0.25, 0.3) is 0 Å². The summed E-state index contributed by atoms with van der Waals surface area (Å²) in [5.41, 5.74) is 5.83. The maximum Gasteiger partial charge on any atom is 0.0223 e. The predicted octanol–water partition coefficient (Wildman–Crippen LogP) is 3.62. The maximum absolute atomic E-state index is 3.58. The highest BCUT2D eigenvalue weighted by atomic mass is 15.0. The Kier molecular flexibility index (Phi) is 4.65. The van der Waals surface area contributed by atoms with Crippen molar-refractivity contribution >= 4 is 0 Å². The second-order valence-corrected chi connectivity index (χ2v) is 5.49. The largest absolute Gasteiger partial charge is 0.352 e. The molecule has 0 saturated carbocycles. The van der Waals surface area contributed by atoms with Gasteiger partial charge in [0.2, 0.25) is 0 Å². The third-order valence-corrected chi connectivity index (χ3v) is 4.20. The summed E-state index contributed by atoms with van der Waals surface area (Å²) in [6, 6.07) is 2.29. The summed E-state index contributed by atoms with van der Waals surface area (Å²) in [4.78, 5) is 0. The van der Waals surface area contributed by atoms with Crippen LogP contribution < -0.4 is 5.32 Å². The fourth-order valence-corrected chi connectivity index (χ4v) is 2.72. The average molecular weight is 246 g/mol. The van der Waals surface area contributed by atoms with E-state index in [2.05, 4.69) is 42.9 Å². The normalized spacial score (nSPS) is 15.8. The molecule has 1 aromatic heterocycles. The van der Waals surface area contributed by atoms with Crippen molar-refractivity contribution in [3.8, 4) is 0 Å². The fourth-order valence-electron chi connectivity index (χ4n) is 2.72.